The second-order valence-electron chi connectivity index (χ2n) is 4.33. The van der Waals surface area contributed by atoms with Crippen molar-refractivity contribution in [2.45, 2.75) is 50.6 Å². The molecule has 2 saturated carbocycles. The van der Waals surface area contributed by atoms with Crippen molar-refractivity contribution in [3.8, 4) is 0 Å². The van der Waals surface area contributed by atoms with E-state index >= 15 is 0 Å². The van der Waals surface area contributed by atoms with Crippen molar-refractivity contribution < 1.29 is 9.90 Å². The highest BCUT2D eigenvalue weighted by Gasteiger charge is 2.29. The lowest BCUT2D eigenvalue weighted by molar-refractivity contribution is -0.142. The van der Waals surface area contributed by atoms with Gasteiger partial charge in [-0.05, 0) is 38.5 Å². The first kappa shape index (κ1) is 9.00. The highest BCUT2D eigenvalue weighted by molar-refractivity contribution is 5.70. The minimum atomic E-state index is -0.607. The molecule has 2 N–H and O–H groups in total. The predicted octanol–water partition coefficient (Wildman–Crippen LogP) is 1.38. The third-order valence-corrected chi connectivity index (χ3v) is 3.13. The van der Waals surface area contributed by atoms with Crippen molar-refractivity contribution in [2.24, 2.45) is 5.92 Å². The molecule has 0 saturated heterocycles. The van der Waals surface area contributed by atoms with E-state index in [0.29, 0.717) is 6.04 Å². The maximum Gasteiger partial charge on any atom is 0.306 e. The zero-order valence-corrected chi connectivity index (χ0v) is 7.83. The number of aliphatic carboxylic acids is 1. The summed E-state index contributed by atoms with van der Waals surface area (Å²) >= 11 is 0. The second kappa shape index (κ2) is 3.66. The summed E-state index contributed by atoms with van der Waals surface area (Å²) in [5.74, 6) is -0.679. The summed E-state index contributed by atoms with van der Waals surface area (Å²) in [5, 5.41) is 12.4. The molecule has 13 heavy (non-hydrogen) atoms. The lowest BCUT2D eigenvalue weighted by Gasteiger charge is -2.26. The summed E-state index contributed by atoms with van der Waals surface area (Å²) < 4.78 is 0. The number of hydrogen-bond donors (Lipinski definition) is 2. The molecule has 74 valence electrons. The molecule has 3 nitrogen and oxygen atoms in total. The fourth-order valence-electron chi connectivity index (χ4n) is 2.09. The van der Waals surface area contributed by atoms with E-state index in [-0.39, 0.29) is 5.92 Å². The second-order valence-corrected chi connectivity index (χ2v) is 4.33. The average molecular weight is 183 g/mol. The Morgan fingerprint density at radius 1 is 1.00 bits per heavy atom. The van der Waals surface area contributed by atoms with Crippen LogP contribution >= 0.6 is 0 Å². The Hall–Kier alpha value is -0.570. The summed E-state index contributed by atoms with van der Waals surface area (Å²) in [7, 11) is 0. The topological polar surface area (TPSA) is 49.3 Å². The largest absolute Gasteiger partial charge is 0.481 e. The predicted molar refractivity (Wildman–Crippen MR) is 49.5 cm³/mol. The normalized spacial score (nSPS) is 34.5. The van der Waals surface area contributed by atoms with Gasteiger partial charge in [0.25, 0.3) is 0 Å². The zero-order valence-electron chi connectivity index (χ0n) is 7.83. The van der Waals surface area contributed by atoms with Crippen LogP contribution in [0.15, 0.2) is 0 Å². The maximum atomic E-state index is 10.7. The monoisotopic (exact) mass is 183 g/mol. The summed E-state index contributed by atoms with van der Waals surface area (Å²) in [6.45, 7) is 0. The molecule has 0 unspecified atom stereocenters. The molecule has 0 atom stereocenters. The number of carboxylic acid groups (broad SMARTS) is 1. The van der Waals surface area contributed by atoms with Crippen molar-refractivity contribution >= 4 is 5.97 Å². The maximum absolute atomic E-state index is 10.7. The Labute approximate surface area is 78.5 Å². The molecule has 2 aliphatic carbocycles. The van der Waals surface area contributed by atoms with Crippen molar-refractivity contribution in [1.82, 2.24) is 5.32 Å². The van der Waals surface area contributed by atoms with Gasteiger partial charge in [0.2, 0.25) is 0 Å². The molecule has 0 amide bonds. The van der Waals surface area contributed by atoms with E-state index < -0.39 is 5.97 Å². The van der Waals surface area contributed by atoms with Gasteiger partial charge in [-0.1, -0.05) is 0 Å². The summed E-state index contributed by atoms with van der Waals surface area (Å²) in [6, 6.07) is 1.36. The highest BCUT2D eigenvalue weighted by Crippen LogP contribution is 2.27. The van der Waals surface area contributed by atoms with E-state index in [0.717, 1.165) is 31.7 Å². The first-order chi connectivity index (χ1) is 6.25. The van der Waals surface area contributed by atoms with Crippen LogP contribution in [-0.2, 0) is 4.79 Å². The van der Waals surface area contributed by atoms with E-state index in [1.54, 1.807) is 0 Å². The van der Waals surface area contributed by atoms with E-state index in [9.17, 15) is 4.79 Å². The van der Waals surface area contributed by atoms with Crippen molar-refractivity contribution in [3.63, 3.8) is 0 Å². The third-order valence-electron chi connectivity index (χ3n) is 3.13. The van der Waals surface area contributed by atoms with Crippen LogP contribution in [0, 0.1) is 5.92 Å². The third kappa shape index (κ3) is 2.44. The van der Waals surface area contributed by atoms with Gasteiger partial charge in [0, 0.05) is 12.1 Å². The van der Waals surface area contributed by atoms with E-state index in [2.05, 4.69) is 5.32 Å². The van der Waals surface area contributed by atoms with Gasteiger partial charge in [-0.2, -0.15) is 0 Å². The molecule has 2 aliphatic rings. The van der Waals surface area contributed by atoms with E-state index in [4.69, 9.17) is 5.11 Å². The molecule has 0 spiro atoms. The molecule has 0 bridgehead atoms. The summed E-state index contributed by atoms with van der Waals surface area (Å²) in [6.07, 6.45) is 6.46. The molecule has 0 aliphatic heterocycles. The SMILES string of the molecule is O=C(O)C1CCC(NC2CC2)CC1. The molecule has 0 aromatic rings. The van der Waals surface area contributed by atoms with Crippen molar-refractivity contribution in [3.05, 3.63) is 0 Å². The minimum Gasteiger partial charge on any atom is -0.481 e. The van der Waals surface area contributed by atoms with Gasteiger partial charge < -0.3 is 10.4 Å². The summed E-state index contributed by atoms with van der Waals surface area (Å²) in [4.78, 5) is 10.7. The Balaban J connectivity index is 1.71. The highest BCUT2D eigenvalue weighted by atomic mass is 16.4. The first-order valence-electron chi connectivity index (χ1n) is 5.24. The molecular weight excluding hydrogens is 166 g/mol. The van der Waals surface area contributed by atoms with Crippen LogP contribution in [0.25, 0.3) is 0 Å². The number of rotatable bonds is 3. The van der Waals surface area contributed by atoms with Crippen LogP contribution in [0.5, 0.6) is 0 Å². The van der Waals surface area contributed by atoms with Crippen LogP contribution in [0.3, 0.4) is 0 Å². The molecule has 2 fully saturated rings. The Bertz CT molecular complexity index is 193. The van der Waals surface area contributed by atoms with Gasteiger partial charge in [0.15, 0.2) is 0 Å². The molecule has 0 radical (unpaired) electrons. The van der Waals surface area contributed by atoms with Gasteiger partial charge in [0.1, 0.15) is 0 Å². The van der Waals surface area contributed by atoms with Crippen LogP contribution in [0.1, 0.15) is 38.5 Å². The molecule has 2 rings (SSSR count). The van der Waals surface area contributed by atoms with Gasteiger partial charge in [-0.15, -0.1) is 0 Å². The van der Waals surface area contributed by atoms with Gasteiger partial charge in [-0.25, -0.2) is 0 Å². The molecule has 0 aromatic heterocycles. The molecule has 3 heteroatoms. The van der Waals surface area contributed by atoms with Gasteiger partial charge >= 0.3 is 5.97 Å². The molecular formula is C10H17NO2. The van der Waals surface area contributed by atoms with Crippen LogP contribution in [0.2, 0.25) is 0 Å². The number of carbonyl (C=O) groups is 1. The fraction of sp³-hybridized carbons (Fsp3) is 0.900. The quantitative estimate of drug-likeness (QED) is 0.695. The Kier molecular flexibility index (Phi) is 2.54. The van der Waals surface area contributed by atoms with Crippen molar-refractivity contribution in [2.75, 3.05) is 0 Å². The van der Waals surface area contributed by atoms with Gasteiger partial charge in [0.05, 0.1) is 5.92 Å². The Morgan fingerprint density at radius 3 is 1.85 bits per heavy atom. The molecule has 0 aromatic carbocycles. The van der Waals surface area contributed by atoms with Crippen LogP contribution in [0.4, 0.5) is 0 Å². The van der Waals surface area contributed by atoms with E-state index in [1.807, 2.05) is 0 Å². The lowest BCUT2D eigenvalue weighted by atomic mass is 9.86. The minimum absolute atomic E-state index is 0.0720. The smallest absolute Gasteiger partial charge is 0.306 e. The standard InChI is InChI=1S/C10H17NO2/c12-10(13)7-1-3-8(4-2-7)11-9-5-6-9/h7-9,11H,1-6H2,(H,12,13). The van der Waals surface area contributed by atoms with Crippen molar-refractivity contribution in [1.29, 1.82) is 0 Å². The fourth-order valence-corrected chi connectivity index (χ4v) is 2.09. The number of carboxylic acids is 1. The average Bonchev–Trinajstić information content (AvgIpc) is 2.89. The first-order valence-corrected chi connectivity index (χ1v) is 5.24. The van der Waals surface area contributed by atoms with Crippen LogP contribution < -0.4 is 5.32 Å². The number of hydrogen-bond acceptors (Lipinski definition) is 2. The summed E-state index contributed by atoms with van der Waals surface area (Å²) in [5.41, 5.74) is 0. The van der Waals surface area contributed by atoms with Crippen LogP contribution in [-0.4, -0.2) is 23.2 Å². The number of nitrogens with one attached hydrogen (secondary N) is 1. The van der Waals surface area contributed by atoms with Gasteiger partial charge in [-0.3, -0.25) is 4.79 Å². The van der Waals surface area contributed by atoms with E-state index in [1.165, 1.54) is 12.8 Å². The lowest BCUT2D eigenvalue weighted by Crippen LogP contribution is -2.36. The molecule has 0 heterocycles. The zero-order chi connectivity index (χ0) is 9.26. The Morgan fingerprint density at radius 2 is 1.46 bits per heavy atom.